The molecule has 5 nitrogen and oxygen atoms in total. The summed E-state index contributed by atoms with van der Waals surface area (Å²) in [5.74, 6) is -0.473. The van der Waals surface area contributed by atoms with E-state index in [0.717, 1.165) is 12.8 Å². The molecule has 21 heavy (non-hydrogen) atoms. The largest absolute Gasteiger partial charge is 0.480 e. The molecule has 0 aliphatic carbocycles. The molecular formula is C14H20N2O3S2. The van der Waals surface area contributed by atoms with Gasteiger partial charge >= 0.3 is 12.0 Å². The van der Waals surface area contributed by atoms with Gasteiger partial charge in [-0.15, -0.1) is 11.8 Å². The number of hydrogen-bond acceptors (Lipinski definition) is 4. The molecule has 116 valence electrons. The van der Waals surface area contributed by atoms with Gasteiger partial charge in [-0.05, 0) is 42.2 Å². The first-order valence-electron chi connectivity index (χ1n) is 6.97. The molecule has 2 rings (SSSR count). The number of nitrogens with one attached hydrogen (secondary N) is 1. The molecular weight excluding hydrogens is 308 g/mol. The van der Waals surface area contributed by atoms with E-state index in [9.17, 15) is 14.7 Å². The van der Waals surface area contributed by atoms with E-state index in [0.29, 0.717) is 5.75 Å². The Morgan fingerprint density at radius 2 is 2.33 bits per heavy atom. The molecule has 1 aliphatic rings. The molecule has 3 unspecified atom stereocenters. The quantitative estimate of drug-likeness (QED) is 0.872. The van der Waals surface area contributed by atoms with Gasteiger partial charge in [0.25, 0.3) is 0 Å². The van der Waals surface area contributed by atoms with E-state index in [1.54, 1.807) is 11.3 Å². The summed E-state index contributed by atoms with van der Waals surface area (Å²) in [4.78, 5) is 25.2. The van der Waals surface area contributed by atoms with Crippen molar-refractivity contribution in [3.8, 4) is 0 Å². The van der Waals surface area contributed by atoms with Crippen molar-refractivity contribution in [2.75, 3.05) is 5.75 Å². The van der Waals surface area contributed by atoms with Crippen molar-refractivity contribution < 1.29 is 14.7 Å². The highest BCUT2D eigenvalue weighted by Crippen LogP contribution is 2.31. The first-order chi connectivity index (χ1) is 10.0. The summed E-state index contributed by atoms with van der Waals surface area (Å²) in [6, 6.07) is 1.01. The van der Waals surface area contributed by atoms with Gasteiger partial charge in [0.2, 0.25) is 0 Å². The summed E-state index contributed by atoms with van der Waals surface area (Å²) in [6.07, 6.45) is 1.51. The lowest BCUT2D eigenvalue weighted by Crippen LogP contribution is -2.52. The minimum Gasteiger partial charge on any atom is -0.480 e. The molecule has 2 heterocycles. The van der Waals surface area contributed by atoms with Crippen molar-refractivity contribution in [2.45, 2.75) is 44.1 Å². The van der Waals surface area contributed by atoms with Crippen molar-refractivity contribution >= 4 is 35.1 Å². The Kier molecular flexibility index (Phi) is 5.52. The van der Waals surface area contributed by atoms with E-state index in [-0.39, 0.29) is 17.4 Å². The average molecular weight is 328 g/mol. The molecule has 7 heteroatoms. The minimum atomic E-state index is -0.931. The van der Waals surface area contributed by atoms with Crippen LogP contribution in [0, 0.1) is 0 Å². The Balaban J connectivity index is 1.98. The van der Waals surface area contributed by atoms with Gasteiger partial charge < -0.3 is 10.4 Å². The summed E-state index contributed by atoms with van der Waals surface area (Å²) in [7, 11) is 0. The number of carboxylic acids is 1. The fourth-order valence-electron chi connectivity index (χ4n) is 2.44. The van der Waals surface area contributed by atoms with Crippen LogP contribution in [0.25, 0.3) is 0 Å². The number of urea groups is 1. The van der Waals surface area contributed by atoms with Gasteiger partial charge in [0.15, 0.2) is 0 Å². The topological polar surface area (TPSA) is 69.6 Å². The number of carboxylic acid groups (broad SMARTS) is 1. The highest BCUT2D eigenvalue weighted by atomic mass is 32.2. The molecule has 0 spiro atoms. The second-order valence-electron chi connectivity index (χ2n) is 5.14. The molecule has 0 radical (unpaired) electrons. The second kappa shape index (κ2) is 7.17. The zero-order chi connectivity index (χ0) is 15.4. The highest BCUT2D eigenvalue weighted by molar-refractivity contribution is 8.00. The fraction of sp³-hybridized carbons (Fsp3) is 0.571. The fourth-order valence-corrected chi connectivity index (χ4v) is 4.47. The first kappa shape index (κ1) is 16.2. The number of rotatable bonds is 5. The molecule has 0 saturated carbocycles. The summed E-state index contributed by atoms with van der Waals surface area (Å²) < 4.78 is 0. The van der Waals surface area contributed by atoms with E-state index >= 15 is 0 Å². The number of carbonyl (C=O) groups excluding carboxylic acids is 1. The number of carbonyl (C=O) groups is 2. The third-order valence-electron chi connectivity index (χ3n) is 3.45. The number of nitrogens with zero attached hydrogens (tertiary/aromatic N) is 1. The Morgan fingerprint density at radius 1 is 1.57 bits per heavy atom. The van der Waals surface area contributed by atoms with E-state index in [1.807, 2.05) is 25.3 Å². The van der Waals surface area contributed by atoms with E-state index < -0.39 is 12.0 Å². The van der Waals surface area contributed by atoms with Crippen LogP contribution < -0.4 is 5.32 Å². The maximum atomic E-state index is 12.4. The van der Waals surface area contributed by atoms with Crippen LogP contribution in [-0.4, -0.2) is 45.2 Å². The molecule has 2 N–H and O–H groups in total. The van der Waals surface area contributed by atoms with Crippen LogP contribution in [0.1, 0.15) is 25.8 Å². The predicted octanol–water partition coefficient (Wildman–Crippen LogP) is 2.63. The molecule has 3 atom stereocenters. The van der Waals surface area contributed by atoms with Crippen molar-refractivity contribution in [3.05, 3.63) is 22.4 Å². The van der Waals surface area contributed by atoms with E-state index in [2.05, 4.69) is 10.7 Å². The normalized spacial score (nSPS) is 23.0. The predicted molar refractivity (Wildman–Crippen MR) is 85.8 cm³/mol. The third-order valence-corrected chi connectivity index (χ3v) is 5.64. The van der Waals surface area contributed by atoms with Gasteiger partial charge in [0.05, 0.1) is 5.37 Å². The van der Waals surface area contributed by atoms with Crippen LogP contribution in [0.5, 0.6) is 0 Å². The van der Waals surface area contributed by atoms with Gasteiger partial charge in [0, 0.05) is 11.8 Å². The monoisotopic (exact) mass is 328 g/mol. The van der Waals surface area contributed by atoms with Gasteiger partial charge in [-0.2, -0.15) is 11.3 Å². The average Bonchev–Trinajstić information content (AvgIpc) is 3.06. The third kappa shape index (κ3) is 3.91. The lowest BCUT2D eigenvalue weighted by Gasteiger charge is -2.28. The smallest absolute Gasteiger partial charge is 0.327 e. The van der Waals surface area contributed by atoms with E-state index in [4.69, 9.17) is 0 Å². The minimum absolute atomic E-state index is 0.0235. The molecule has 1 saturated heterocycles. The van der Waals surface area contributed by atoms with Gasteiger partial charge in [0.1, 0.15) is 6.04 Å². The van der Waals surface area contributed by atoms with Crippen LogP contribution in [0.3, 0.4) is 0 Å². The summed E-state index contributed by atoms with van der Waals surface area (Å²) >= 11 is 3.16. The van der Waals surface area contributed by atoms with Crippen molar-refractivity contribution in [2.24, 2.45) is 0 Å². The zero-order valence-electron chi connectivity index (χ0n) is 12.1. The summed E-state index contributed by atoms with van der Waals surface area (Å²) in [6.45, 7) is 3.91. The van der Waals surface area contributed by atoms with Crippen LogP contribution >= 0.6 is 23.1 Å². The second-order valence-corrected chi connectivity index (χ2v) is 7.13. The number of thioether (sulfide) groups is 1. The number of aliphatic carboxylic acids is 1. The van der Waals surface area contributed by atoms with Crippen molar-refractivity contribution in [1.29, 1.82) is 0 Å². The number of thiophene rings is 1. The lowest BCUT2D eigenvalue weighted by molar-refractivity contribution is -0.141. The summed E-state index contributed by atoms with van der Waals surface area (Å²) in [5, 5.41) is 16.2. The Bertz CT molecular complexity index is 492. The first-order valence-corrected chi connectivity index (χ1v) is 8.96. The van der Waals surface area contributed by atoms with Crippen LogP contribution in [-0.2, 0) is 11.2 Å². The lowest BCUT2D eigenvalue weighted by atomic mass is 10.1. The van der Waals surface area contributed by atoms with Crippen LogP contribution in [0.2, 0.25) is 0 Å². The van der Waals surface area contributed by atoms with Crippen molar-refractivity contribution in [3.63, 3.8) is 0 Å². The Labute approximate surface area is 132 Å². The van der Waals surface area contributed by atoms with Gasteiger partial charge in [-0.3, -0.25) is 4.90 Å². The molecule has 1 aromatic heterocycles. The molecule has 2 amide bonds. The maximum absolute atomic E-state index is 12.4. The molecule has 1 aliphatic heterocycles. The van der Waals surface area contributed by atoms with Gasteiger partial charge in [-0.25, -0.2) is 9.59 Å². The number of amides is 2. The van der Waals surface area contributed by atoms with Crippen LogP contribution in [0.4, 0.5) is 4.79 Å². The maximum Gasteiger partial charge on any atom is 0.327 e. The number of hydrogen-bond donors (Lipinski definition) is 2. The van der Waals surface area contributed by atoms with Crippen molar-refractivity contribution in [1.82, 2.24) is 10.2 Å². The summed E-state index contributed by atoms with van der Waals surface area (Å²) in [5.41, 5.74) is 1.19. The van der Waals surface area contributed by atoms with Gasteiger partial charge in [-0.1, -0.05) is 6.92 Å². The Morgan fingerprint density at radius 3 is 2.90 bits per heavy atom. The Hall–Kier alpha value is -1.21. The SMILES string of the molecule is CCC1SCC(C(=O)O)N1C(=O)NC(C)Cc1ccsc1. The zero-order valence-corrected chi connectivity index (χ0v) is 13.7. The molecule has 1 fully saturated rings. The molecule has 0 aromatic carbocycles. The van der Waals surface area contributed by atoms with Crippen LogP contribution in [0.15, 0.2) is 16.8 Å². The standard InChI is InChI=1S/C14H20N2O3S2/c1-3-12-16(11(8-21-12)13(17)18)14(19)15-9(2)6-10-4-5-20-7-10/h4-5,7,9,11-12H,3,6,8H2,1-2H3,(H,15,19)(H,17,18). The molecule has 0 bridgehead atoms. The van der Waals surface area contributed by atoms with E-state index in [1.165, 1.54) is 22.2 Å². The molecule has 1 aromatic rings. The highest BCUT2D eigenvalue weighted by Gasteiger charge is 2.41.